The van der Waals surface area contributed by atoms with E-state index in [1.807, 2.05) is 0 Å². The van der Waals surface area contributed by atoms with Crippen molar-refractivity contribution >= 4 is 5.84 Å². The molecule has 0 amide bonds. The third-order valence-corrected chi connectivity index (χ3v) is 3.44. The molecule has 1 saturated carbocycles. The number of ether oxygens (including phenoxy) is 1. The number of hydrogen-bond donors (Lipinski definition) is 2. The third-order valence-electron chi connectivity index (χ3n) is 3.44. The van der Waals surface area contributed by atoms with E-state index in [0.717, 1.165) is 44.2 Å². The van der Waals surface area contributed by atoms with Crippen molar-refractivity contribution in [2.75, 3.05) is 0 Å². The van der Waals surface area contributed by atoms with E-state index < -0.39 is 17.6 Å². The summed E-state index contributed by atoms with van der Waals surface area (Å²) < 4.78 is 43.7. The molecule has 0 bridgehead atoms. The van der Waals surface area contributed by atoms with Gasteiger partial charge in [0, 0.05) is 0 Å². The molecule has 0 aliphatic heterocycles. The zero-order valence-electron chi connectivity index (χ0n) is 11.0. The maximum Gasteiger partial charge on any atom is 0.416 e. The molecule has 6 heteroatoms. The van der Waals surface area contributed by atoms with E-state index in [1.54, 1.807) is 0 Å². The van der Waals surface area contributed by atoms with Gasteiger partial charge in [0.2, 0.25) is 0 Å². The molecule has 0 heterocycles. The number of benzene rings is 1. The number of alkyl halides is 3. The van der Waals surface area contributed by atoms with Gasteiger partial charge >= 0.3 is 6.18 Å². The molecule has 1 aliphatic rings. The van der Waals surface area contributed by atoms with Crippen molar-refractivity contribution in [2.24, 2.45) is 5.73 Å². The topological polar surface area (TPSA) is 59.1 Å². The summed E-state index contributed by atoms with van der Waals surface area (Å²) >= 11 is 0. The summed E-state index contributed by atoms with van der Waals surface area (Å²) in [6, 6.07) is 3.10. The summed E-state index contributed by atoms with van der Waals surface area (Å²) in [7, 11) is 0. The van der Waals surface area contributed by atoms with Gasteiger partial charge in [-0.25, -0.2) is 0 Å². The quantitative estimate of drug-likeness (QED) is 0.657. The van der Waals surface area contributed by atoms with Gasteiger partial charge in [-0.15, -0.1) is 0 Å². The molecular formula is C14H17F3N2O. The Balaban J connectivity index is 2.25. The van der Waals surface area contributed by atoms with Gasteiger partial charge in [0.1, 0.15) is 11.6 Å². The van der Waals surface area contributed by atoms with Gasteiger partial charge in [0.15, 0.2) is 0 Å². The van der Waals surface area contributed by atoms with Crippen LogP contribution in [-0.2, 0) is 6.18 Å². The molecule has 1 aromatic rings. The molecule has 3 nitrogen and oxygen atoms in total. The predicted molar refractivity (Wildman–Crippen MR) is 70.0 cm³/mol. The Bertz CT molecular complexity index is 494. The molecule has 0 saturated heterocycles. The minimum Gasteiger partial charge on any atom is -0.490 e. The fourth-order valence-corrected chi connectivity index (χ4v) is 2.38. The van der Waals surface area contributed by atoms with E-state index in [4.69, 9.17) is 15.9 Å². The maximum atomic E-state index is 12.7. The van der Waals surface area contributed by atoms with E-state index >= 15 is 0 Å². The number of rotatable bonds is 3. The van der Waals surface area contributed by atoms with E-state index in [2.05, 4.69) is 0 Å². The van der Waals surface area contributed by atoms with Crippen molar-refractivity contribution in [3.63, 3.8) is 0 Å². The number of nitrogen functional groups attached to an aromatic ring is 1. The van der Waals surface area contributed by atoms with Crippen molar-refractivity contribution in [3.05, 3.63) is 29.3 Å². The summed E-state index contributed by atoms with van der Waals surface area (Å²) in [5.41, 5.74) is 4.55. The van der Waals surface area contributed by atoms with Crippen LogP contribution in [0.15, 0.2) is 18.2 Å². The summed E-state index contributed by atoms with van der Waals surface area (Å²) in [6.07, 6.45) is 0.594. The molecule has 0 atom stereocenters. The van der Waals surface area contributed by atoms with Crippen LogP contribution < -0.4 is 10.5 Å². The van der Waals surface area contributed by atoms with Gasteiger partial charge < -0.3 is 10.5 Å². The minimum absolute atomic E-state index is 0.00131. The molecule has 1 aliphatic carbocycles. The lowest BCUT2D eigenvalue weighted by molar-refractivity contribution is -0.137. The van der Waals surface area contributed by atoms with E-state index in [1.165, 1.54) is 6.07 Å². The second-order valence-electron chi connectivity index (χ2n) is 5.00. The van der Waals surface area contributed by atoms with Crippen LogP contribution in [0.5, 0.6) is 5.75 Å². The summed E-state index contributed by atoms with van der Waals surface area (Å²) in [5, 5.41) is 7.43. The number of hydrogen-bond acceptors (Lipinski definition) is 2. The van der Waals surface area contributed by atoms with Gasteiger partial charge in [-0.1, -0.05) is 6.42 Å². The van der Waals surface area contributed by atoms with Crippen LogP contribution in [0, 0.1) is 5.41 Å². The zero-order valence-corrected chi connectivity index (χ0v) is 11.0. The molecule has 0 radical (unpaired) electrons. The fourth-order valence-electron chi connectivity index (χ4n) is 2.38. The SMILES string of the molecule is N=C(N)c1cc(C(F)(F)F)ccc1OC1CCCCC1. The van der Waals surface area contributed by atoms with Gasteiger partial charge in [-0.05, 0) is 43.9 Å². The number of halogens is 3. The van der Waals surface area contributed by atoms with E-state index in [0.29, 0.717) is 0 Å². The number of nitrogens with two attached hydrogens (primary N) is 1. The highest BCUT2D eigenvalue weighted by atomic mass is 19.4. The first-order valence-electron chi connectivity index (χ1n) is 6.60. The molecule has 20 heavy (non-hydrogen) atoms. The maximum absolute atomic E-state index is 12.7. The Hall–Kier alpha value is -1.72. The summed E-state index contributed by atoms with van der Waals surface area (Å²) in [4.78, 5) is 0. The standard InChI is InChI=1S/C14H17F3N2O/c15-14(16,17)9-6-7-12(11(8-9)13(18)19)20-10-4-2-1-3-5-10/h6-8,10H,1-5H2,(H3,18,19). The van der Waals surface area contributed by atoms with Crippen molar-refractivity contribution < 1.29 is 17.9 Å². The first-order chi connectivity index (χ1) is 9.38. The Morgan fingerprint density at radius 2 is 1.85 bits per heavy atom. The molecule has 0 spiro atoms. The van der Waals surface area contributed by atoms with E-state index in [-0.39, 0.29) is 17.4 Å². The Morgan fingerprint density at radius 1 is 1.20 bits per heavy atom. The van der Waals surface area contributed by atoms with Crippen LogP contribution in [0.25, 0.3) is 0 Å². The molecule has 0 aromatic heterocycles. The van der Waals surface area contributed by atoms with Crippen LogP contribution in [0.1, 0.15) is 43.2 Å². The molecule has 3 N–H and O–H groups in total. The van der Waals surface area contributed by atoms with Crippen molar-refractivity contribution in [2.45, 2.75) is 44.4 Å². The highest BCUT2D eigenvalue weighted by Gasteiger charge is 2.31. The van der Waals surface area contributed by atoms with Crippen LogP contribution in [0.3, 0.4) is 0 Å². The lowest BCUT2D eigenvalue weighted by atomic mass is 9.97. The van der Waals surface area contributed by atoms with Crippen molar-refractivity contribution in [3.8, 4) is 5.75 Å². The molecule has 110 valence electrons. The average molecular weight is 286 g/mol. The minimum atomic E-state index is -4.45. The van der Waals surface area contributed by atoms with E-state index in [9.17, 15) is 13.2 Å². The predicted octanol–water partition coefficient (Wildman–Crippen LogP) is 3.70. The fraction of sp³-hybridized carbons (Fsp3) is 0.500. The first kappa shape index (κ1) is 14.7. The summed E-state index contributed by atoms with van der Waals surface area (Å²) in [6.45, 7) is 0. The van der Waals surface area contributed by atoms with Gasteiger partial charge in [0.05, 0.1) is 17.2 Å². The van der Waals surface area contributed by atoms with Gasteiger partial charge in [0.25, 0.3) is 0 Å². The average Bonchev–Trinajstić information content (AvgIpc) is 2.38. The van der Waals surface area contributed by atoms with Crippen LogP contribution in [-0.4, -0.2) is 11.9 Å². The Kier molecular flexibility index (Phi) is 4.20. The highest BCUT2D eigenvalue weighted by molar-refractivity contribution is 5.97. The zero-order chi connectivity index (χ0) is 14.8. The van der Waals surface area contributed by atoms with Gasteiger partial charge in [-0.3, -0.25) is 5.41 Å². The number of amidine groups is 1. The lowest BCUT2D eigenvalue weighted by Gasteiger charge is -2.24. The van der Waals surface area contributed by atoms with Crippen molar-refractivity contribution in [1.29, 1.82) is 5.41 Å². The van der Waals surface area contributed by atoms with Crippen LogP contribution in [0.2, 0.25) is 0 Å². The second kappa shape index (κ2) is 5.73. The number of nitrogens with one attached hydrogen (secondary N) is 1. The highest BCUT2D eigenvalue weighted by Crippen LogP contribution is 2.33. The normalized spacial score (nSPS) is 16.9. The van der Waals surface area contributed by atoms with Crippen molar-refractivity contribution in [1.82, 2.24) is 0 Å². The van der Waals surface area contributed by atoms with Gasteiger partial charge in [-0.2, -0.15) is 13.2 Å². The Morgan fingerprint density at radius 3 is 2.40 bits per heavy atom. The van der Waals surface area contributed by atoms with Crippen LogP contribution in [0.4, 0.5) is 13.2 Å². The summed E-state index contributed by atoms with van der Waals surface area (Å²) in [5.74, 6) is -0.153. The molecular weight excluding hydrogens is 269 g/mol. The van der Waals surface area contributed by atoms with Crippen LogP contribution >= 0.6 is 0 Å². The molecule has 0 unspecified atom stereocenters. The second-order valence-corrected chi connectivity index (χ2v) is 5.00. The molecule has 1 aromatic carbocycles. The smallest absolute Gasteiger partial charge is 0.416 e. The molecule has 1 fully saturated rings. The lowest BCUT2D eigenvalue weighted by Crippen LogP contribution is -2.22. The first-order valence-corrected chi connectivity index (χ1v) is 6.60. The monoisotopic (exact) mass is 286 g/mol. The molecule has 2 rings (SSSR count). The Labute approximate surface area is 115 Å². The third kappa shape index (κ3) is 3.43. The largest absolute Gasteiger partial charge is 0.490 e.